The molecule has 0 radical (unpaired) electrons. The highest BCUT2D eigenvalue weighted by atomic mass is 32.2. The molecule has 0 saturated carbocycles. The fraction of sp³-hybridized carbons (Fsp3) is 0.167. The molecule has 0 spiro atoms. The molecule has 0 aliphatic carbocycles. The second-order valence-electron chi connectivity index (χ2n) is 6.51. The number of hydrogen-bond donors (Lipinski definition) is 1. The molecule has 31 heavy (non-hydrogen) atoms. The van der Waals surface area contributed by atoms with Gasteiger partial charge in [0.25, 0.3) is 5.69 Å². The van der Waals surface area contributed by atoms with Crippen molar-refractivity contribution in [1.82, 2.24) is 4.98 Å². The highest BCUT2D eigenvalue weighted by Crippen LogP contribution is 2.33. The van der Waals surface area contributed by atoms with Crippen LogP contribution in [0.5, 0.6) is 5.75 Å². The van der Waals surface area contributed by atoms with Gasteiger partial charge in [0.05, 0.1) is 15.1 Å². The summed E-state index contributed by atoms with van der Waals surface area (Å²) in [6.45, 7) is 1.62. The van der Waals surface area contributed by atoms with E-state index in [-0.39, 0.29) is 5.75 Å². The van der Waals surface area contributed by atoms with Gasteiger partial charge in [0.1, 0.15) is 15.8 Å². The van der Waals surface area contributed by atoms with Crippen molar-refractivity contribution < 1.29 is 27.4 Å². The lowest BCUT2D eigenvalue weighted by Gasteiger charge is -2.08. The van der Waals surface area contributed by atoms with Crippen LogP contribution in [0, 0.1) is 17.0 Å². The Morgan fingerprint density at radius 2 is 2.06 bits per heavy atom. The molecule has 1 aromatic heterocycles. The molecule has 13 heteroatoms. The molecule has 1 N–H and O–H groups in total. The Labute approximate surface area is 183 Å². The van der Waals surface area contributed by atoms with Crippen molar-refractivity contribution in [3.8, 4) is 5.75 Å². The van der Waals surface area contributed by atoms with Crippen LogP contribution in [0.2, 0.25) is 0 Å². The molecule has 0 saturated heterocycles. The van der Waals surface area contributed by atoms with Gasteiger partial charge in [-0.05, 0) is 30.7 Å². The number of aliphatic imine (C=N–C) groups is 1. The molecule has 1 unspecified atom stereocenters. The zero-order chi connectivity index (χ0) is 22.3. The molecule has 2 heterocycles. The summed E-state index contributed by atoms with van der Waals surface area (Å²) < 4.78 is 31.1. The normalized spacial score (nSPS) is 16.3. The number of carbonyl (C=O) groups is 1. The summed E-state index contributed by atoms with van der Waals surface area (Å²) in [5, 5.41) is 21.4. The number of thiazole rings is 1. The van der Waals surface area contributed by atoms with Gasteiger partial charge in [-0.15, -0.1) is 23.1 Å². The lowest BCUT2D eigenvalue weighted by molar-refractivity contribution is -0.387. The Kier molecular flexibility index (Phi) is 5.41. The van der Waals surface area contributed by atoms with Crippen LogP contribution in [0.3, 0.4) is 0 Å². The van der Waals surface area contributed by atoms with Crippen LogP contribution in [0.4, 0.5) is 5.69 Å². The summed E-state index contributed by atoms with van der Waals surface area (Å²) in [4.78, 5) is 29.6. The minimum atomic E-state index is -4.45. The monoisotopic (exact) mass is 479 g/mol. The van der Waals surface area contributed by atoms with Gasteiger partial charge in [-0.1, -0.05) is 6.07 Å². The first-order chi connectivity index (χ1) is 14.6. The minimum Gasteiger partial charge on any atom is -0.480 e. The predicted molar refractivity (Wildman–Crippen MR) is 116 cm³/mol. The minimum absolute atomic E-state index is 0.0259. The van der Waals surface area contributed by atoms with E-state index < -0.39 is 37.6 Å². The molecule has 0 bridgehead atoms. The Bertz CT molecular complexity index is 1360. The fourth-order valence-corrected chi connectivity index (χ4v) is 5.98. The number of aromatic nitrogens is 1. The number of aliphatic carboxylic acids is 1. The van der Waals surface area contributed by atoms with E-state index in [0.29, 0.717) is 31.6 Å². The van der Waals surface area contributed by atoms with Crippen LogP contribution < -0.4 is 4.18 Å². The SMILES string of the molecule is Cc1ccc(S(=O)(=O)Oc2ccc3nc(C4=NC(C(=O)O)CS4)sc3c2)c([N+](=O)[O-])c1. The number of benzene rings is 2. The number of nitro groups is 1. The second-order valence-corrected chi connectivity index (χ2v) is 10.1. The molecule has 0 fully saturated rings. The number of carboxylic acid groups (broad SMARTS) is 1. The summed E-state index contributed by atoms with van der Waals surface area (Å²) in [5.74, 6) is -0.709. The average Bonchev–Trinajstić information content (AvgIpc) is 3.34. The molecule has 3 aromatic rings. The van der Waals surface area contributed by atoms with E-state index in [2.05, 4.69) is 9.98 Å². The molecule has 160 valence electrons. The first-order valence-corrected chi connectivity index (χ1v) is 11.9. The third-order valence-corrected chi connectivity index (χ3v) is 7.77. The van der Waals surface area contributed by atoms with Crippen molar-refractivity contribution in [2.45, 2.75) is 17.9 Å². The topological polar surface area (TPSA) is 149 Å². The van der Waals surface area contributed by atoms with E-state index in [1.54, 1.807) is 13.0 Å². The maximum Gasteiger partial charge on any atom is 0.346 e. The largest absolute Gasteiger partial charge is 0.480 e. The molecule has 1 aliphatic rings. The summed E-state index contributed by atoms with van der Waals surface area (Å²) in [5.41, 5.74) is 0.542. The van der Waals surface area contributed by atoms with Crippen molar-refractivity contribution in [1.29, 1.82) is 0 Å². The van der Waals surface area contributed by atoms with Crippen molar-refractivity contribution in [2.75, 3.05) is 5.75 Å². The van der Waals surface area contributed by atoms with Gasteiger partial charge < -0.3 is 9.29 Å². The van der Waals surface area contributed by atoms with Crippen molar-refractivity contribution >= 4 is 60.1 Å². The van der Waals surface area contributed by atoms with E-state index in [1.165, 1.54) is 47.4 Å². The molecule has 4 rings (SSSR count). The Morgan fingerprint density at radius 1 is 1.29 bits per heavy atom. The molecular formula is C18H13N3O7S3. The van der Waals surface area contributed by atoms with Crippen molar-refractivity contribution in [2.24, 2.45) is 4.99 Å². The smallest absolute Gasteiger partial charge is 0.346 e. The van der Waals surface area contributed by atoms with Gasteiger partial charge in [0, 0.05) is 17.9 Å². The van der Waals surface area contributed by atoms with E-state index in [9.17, 15) is 23.3 Å². The van der Waals surface area contributed by atoms with E-state index >= 15 is 0 Å². The van der Waals surface area contributed by atoms with E-state index in [4.69, 9.17) is 9.29 Å². The first-order valence-electron chi connectivity index (χ1n) is 8.68. The van der Waals surface area contributed by atoms with Crippen molar-refractivity contribution in [3.63, 3.8) is 0 Å². The number of nitrogens with zero attached hydrogens (tertiary/aromatic N) is 3. The molecular weight excluding hydrogens is 466 g/mol. The number of nitro benzene ring substituents is 1. The quantitative estimate of drug-likeness (QED) is 0.319. The fourth-order valence-electron chi connectivity index (χ4n) is 2.82. The first kappa shape index (κ1) is 21.2. The van der Waals surface area contributed by atoms with Crippen LogP contribution in [-0.4, -0.2) is 46.2 Å². The predicted octanol–water partition coefficient (Wildman–Crippen LogP) is 3.23. The zero-order valence-electron chi connectivity index (χ0n) is 15.7. The van der Waals surface area contributed by atoms with Crippen LogP contribution in [0.25, 0.3) is 10.2 Å². The van der Waals surface area contributed by atoms with Crippen LogP contribution in [0.15, 0.2) is 46.3 Å². The molecule has 10 nitrogen and oxygen atoms in total. The maximum atomic E-state index is 12.7. The third kappa shape index (κ3) is 4.24. The molecule has 2 aromatic carbocycles. The van der Waals surface area contributed by atoms with Crippen LogP contribution in [-0.2, 0) is 14.9 Å². The Balaban J connectivity index is 1.65. The number of rotatable bonds is 6. The van der Waals surface area contributed by atoms with Gasteiger partial charge in [-0.2, -0.15) is 8.42 Å². The Morgan fingerprint density at radius 3 is 2.74 bits per heavy atom. The van der Waals surface area contributed by atoms with Crippen LogP contribution >= 0.6 is 23.1 Å². The Hall–Kier alpha value is -3.03. The van der Waals surface area contributed by atoms with E-state index in [1.807, 2.05) is 0 Å². The van der Waals surface area contributed by atoms with Crippen molar-refractivity contribution in [3.05, 3.63) is 57.1 Å². The lowest BCUT2D eigenvalue weighted by Crippen LogP contribution is -2.17. The maximum absolute atomic E-state index is 12.7. The molecule has 1 atom stereocenters. The summed E-state index contributed by atoms with van der Waals surface area (Å²) in [6.07, 6.45) is 0. The van der Waals surface area contributed by atoms with E-state index in [0.717, 1.165) is 6.07 Å². The highest BCUT2D eigenvalue weighted by molar-refractivity contribution is 8.15. The number of hydrogen-bond acceptors (Lipinski definition) is 10. The third-order valence-electron chi connectivity index (χ3n) is 4.27. The summed E-state index contributed by atoms with van der Waals surface area (Å²) in [6, 6.07) is 7.35. The zero-order valence-corrected chi connectivity index (χ0v) is 18.2. The average molecular weight is 480 g/mol. The lowest BCUT2D eigenvalue weighted by atomic mass is 10.2. The number of aryl methyl sites for hydroxylation is 1. The molecule has 1 aliphatic heterocycles. The van der Waals surface area contributed by atoms with Crippen LogP contribution in [0.1, 0.15) is 10.6 Å². The highest BCUT2D eigenvalue weighted by Gasteiger charge is 2.29. The van der Waals surface area contributed by atoms with Gasteiger partial charge in [0.15, 0.2) is 10.9 Å². The summed E-state index contributed by atoms with van der Waals surface area (Å²) >= 11 is 2.51. The standard InChI is InChI=1S/C18H13N3O7S3/c1-9-2-5-15(13(6-9)21(24)25)31(26,27)28-10-3-4-11-14(7-10)30-17(19-11)16-20-12(8-29-16)18(22)23/h2-7,12H,8H2,1H3,(H,22,23). The molecule has 0 amide bonds. The second kappa shape index (κ2) is 7.90. The van der Waals surface area contributed by atoms with Gasteiger partial charge in [-0.3, -0.25) is 15.1 Å². The van der Waals surface area contributed by atoms with Gasteiger partial charge >= 0.3 is 16.1 Å². The summed E-state index contributed by atoms with van der Waals surface area (Å²) in [7, 11) is -4.45. The van der Waals surface area contributed by atoms with Gasteiger partial charge in [-0.25, -0.2) is 9.78 Å². The number of thioether (sulfide) groups is 1. The van der Waals surface area contributed by atoms with Gasteiger partial charge in [0.2, 0.25) is 0 Å². The number of carboxylic acids is 1. The number of fused-ring (bicyclic) bond motifs is 1.